The van der Waals surface area contributed by atoms with Crippen molar-refractivity contribution in [2.24, 2.45) is 0 Å². The lowest BCUT2D eigenvalue weighted by atomic mass is 10.1. The molecule has 160 valence electrons. The van der Waals surface area contributed by atoms with E-state index in [0.29, 0.717) is 10.0 Å². The van der Waals surface area contributed by atoms with Gasteiger partial charge in [0, 0.05) is 44.2 Å². The van der Waals surface area contributed by atoms with Crippen LogP contribution in [0.1, 0.15) is 19.3 Å². The maximum absolute atomic E-state index is 11.5. The Bertz CT molecular complexity index is 1050. The number of ether oxygens (including phenoxy) is 1. The summed E-state index contributed by atoms with van der Waals surface area (Å²) in [4.78, 5) is 19.2. The molecule has 0 saturated carbocycles. The largest absolute Gasteiger partial charge is 0.374 e. The number of unbranched alkanes of at least 4 members (excludes halogenated alkanes) is 1. The van der Waals surface area contributed by atoms with Crippen molar-refractivity contribution < 1.29 is 4.74 Å². The van der Waals surface area contributed by atoms with E-state index in [1.165, 1.54) is 0 Å². The van der Waals surface area contributed by atoms with Crippen LogP contribution in [-0.4, -0.2) is 55.3 Å². The molecule has 30 heavy (non-hydrogen) atoms. The number of fused-ring (bicyclic) bond motifs is 1. The molecule has 1 fully saturated rings. The number of piperazine rings is 1. The molecule has 0 amide bonds. The Morgan fingerprint density at radius 3 is 2.73 bits per heavy atom. The first-order valence-corrected chi connectivity index (χ1v) is 11.3. The summed E-state index contributed by atoms with van der Waals surface area (Å²) in [6, 6.07) is 9.24. The Balaban J connectivity index is 1.16. The Hall–Kier alpha value is -1.79. The van der Waals surface area contributed by atoms with Crippen LogP contribution < -0.4 is 21.0 Å². The lowest BCUT2D eigenvalue weighted by Gasteiger charge is -2.36. The lowest BCUT2D eigenvalue weighted by molar-refractivity contribution is 0.0927. The summed E-state index contributed by atoms with van der Waals surface area (Å²) in [5.74, 6) is 0. The SMILES string of the molecule is O=c1ccc2c([nH]1)=CC(OCCCCN1CCN(c3cccc(Cl)c3Cl)CC1)CC=2. The number of nitrogens with zero attached hydrogens (tertiary/aromatic N) is 2. The van der Waals surface area contributed by atoms with Gasteiger partial charge in [-0.3, -0.25) is 9.69 Å². The summed E-state index contributed by atoms with van der Waals surface area (Å²) in [7, 11) is 0. The number of aromatic nitrogens is 1. The smallest absolute Gasteiger partial charge is 0.248 e. The molecule has 1 aromatic heterocycles. The third-order valence-corrected chi connectivity index (χ3v) is 6.56. The zero-order chi connectivity index (χ0) is 20.9. The fraction of sp³-hybridized carbons (Fsp3) is 0.435. The molecule has 0 spiro atoms. The molecular weight excluding hydrogens is 421 g/mol. The molecule has 1 saturated heterocycles. The third-order valence-electron chi connectivity index (χ3n) is 5.75. The van der Waals surface area contributed by atoms with Gasteiger partial charge >= 0.3 is 0 Å². The summed E-state index contributed by atoms with van der Waals surface area (Å²) in [6.45, 7) is 5.79. The van der Waals surface area contributed by atoms with E-state index in [4.69, 9.17) is 27.9 Å². The number of pyridine rings is 1. The predicted octanol–water partition coefficient (Wildman–Crippen LogP) is 2.63. The van der Waals surface area contributed by atoms with Crippen molar-refractivity contribution in [1.82, 2.24) is 9.88 Å². The van der Waals surface area contributed by atoms with Gasteiger partial charge in [-0.2, -0.15) is 0 Å². The normalized spacial score (nSPS) is 19.1. The Morgan fingerprint density at radius 2 is 1.90 bits per heavy atom. The van der Waals surface area contributed by atoms with Gasteiger partial charge in [-0.25, -0.2) is 0 Å². The molecule has 7 heteroatoms. The molecule has 0 bridgehead atoms. The summed E-state index contributed by atoms with van der Waals surface area (Å²) >= 11 is 12.5. The van der Waals surface area contributed by atoms with E-state index < -0.39 is 0 Å². The van der Waals surface area contributed by atoms with E-state index in [2.05, 4.69) is 20.9 Å². The van der Waals surface area contributed by atoms with Gasteiger partial charge in [-0.1, -0.05) is 35.3 Å². The Morgan fingerprint density at radius 1 is 1.07 bits per heavy atom. The number of halogens is 2. The van der Waals surface area contributed by atoms with Crippen LogP contribution in [0, 0.1) is 0 Å². The summed E-state index contributed by atoms with van der Waals surface area (Å²) in [5, 5.41) is 3.21. The monoisotopic (exact) mass is 447 g/mol. The van der Waals surface area contributed by atoms with Crippen LogP contribution in [0.2, 0.25) is 10.0 Å². The fourth-order valence-corrected chi connectivity index (χ4v) is 4.47. The van der Waals surface area contributed by atoms with Gasteiger partial charge in [0.1, 0.15) is 0 Å². The standard InChI is InChI=1S/C23H27Cl2N3O2/c24-19-4-3-5-21(23(19)25)28-13-11-27(12-14-28)10-1-2-15-30-18-8-6-17-7-9-22(29)26-20(17)16-18/h3-7,9,16,18H,1-2,8,10-15H2,(H,26,29). The molecule has 1 aliphatic carbocycles. The number of anilines is 1. The van der Waals surface area contributed by atoms with Crippen LogP contribution in [0.15, 0.2) is 35.1 Å². The number of benzene rings is 1. The van der Waals surface area contributed by atoms with E-state index in [1.54, 1.807) is 6.07 Å². The summed E-state index contributed by atoms with van der Waals surface area (Å²) < 4.78 is 6.01. The second-order valence-electron chi connectivity index (χ2n) is 7.82. The highest BCUT2D eigenvalue weighted by Gasteiger charge is 2.19. The number of rotatable bonds is 7. The van der Waals surface area contributed by atoms with Crippen molar-refractivity contribution in [3.8, 4) is 0 Å². The fourth-order valence-electron chi connectivity index (χ4n) is 4.05. The van der Waals surface area contributed by atoms with E-state index >= 15 is 0 Å². The maximum Gasteiger partial charge on any atom is 0.248 e. The van der Waals surface area contributed by atoms with Crippen molar-refractivity contribution in [3.63, 3.8) is 0 Å². The highest BCUT2D eigenvalue weighted by Crippen LogP contribution is 2.32. The van der Waals surface area contributed by atoms with Crippen LogP contribution in [0.25, 0.3) is 12.2 Å². The molecule has 0 radical (unpaired) electrons. The van der Waals surface area contributed by atoms with Gasteiger partial charge in [0.2, 0.25) is 5.56 Å². The molecule has 2 aromatic rings. The number of hydrogen-bond donors (Lipinski definition) is 1. The lowest BCUT2D eigenvalue weighted by Crippen LogP contribution is -2.46. The van der Waals surface area contributed by atoms with E-state index in [9.17, 15) is 4.79 Å². The third kappa shape index (κ3) is 5.27. The molecule has 1 unspecified atom stereocenters. The van der Waals surface area contributed by atoms with Crippen LogP contribution in [0.4, 0.5) is 5.69 Å². The van der Waals surface area contributed by atoms with Gasteiger partial charge < -0.3 is 14.6 Å². The molecule has 1 N–H and O–H groups in total. The van der Waals surface area contributed by atoms with Crippen molar-refractivity contribution >= 4 is 41.0 Å². The average Bonchev–Trinajstić information content (AvgIpc) is 2.76. The molecule has 2 aliphatic rings. The minimum absolute atomic E-state index is 0.0431. The Kier molecular flexibility index (Phi) is 7.16. The second-order valence-corrected chi connectivity index (χ2v) is 8.60. The van der Waals surface area contributed by atoms with Crippen LogP contribution in [0.3, 0.4) is 0 Å². The van der Waals surface area contributed by atoms with E-state index in [1.807, 2.05) is 30.3 Å². The predicted molar refractivity (Wildman–Crippen MR) is 124 cm³/mol. The minimum atomic E-state index is -0.0724. The van der Waals surface area contributed by atoms with E-state index in [-0.39, 0.29) is 11.7 Å². The first-order chi connectivity index (χ1) is 14.6. The quantitative estimate of drug-likeness (QED) is 0.662. The summed E-state index contributed by atoms with van der Waals surface area (Å²) in [5.41, 5.74) is 0.956. The van der Waals surface area contributed by atoms with Crippen molar-refractivity contribution in [3.05, 3.63) is 61.3 Å². The Labute approximate surface area is 186 Å². The van der Waals surface area contributed by atoms with Crippen molar-refractivity contribution in [1.29, 1.82) is 0 Å². The highest BCUT2D eigenvalue weighted by atomic mass is 35.5. The van der Waals surface area contributed by atoms with Gasteiger partial charge in [0.05, 0.1) is 21.8 Å². The van der Waals surface area contributed by atoms with Gasteiger partial charge in [-0.05, 0) is 55.3 Å². The van der Waals surface area contributed by atoms with Crippen LogP contribution >= 0.6 is 23.2 Å². The molecule has 1 aromatic carbocycles. The molecule has 1 aliphatic heterocycles. The van der Waals surface area contributed by atoms with Gasteiger partial charge in [0.25, 0.3) is 0 Å². The zero-order valence-electron chi connectivity index (χ0n) is 16.9. The number of hydrogen-bond acceptors (Lipinski definition) is 4. The van der Waals surface area contributed by atoms with Crippen LogP contribution in [-0.2, 0) is 4.74 Å². The molecular formula is C23H27Cl2N3O2. The number of aromatic amines is 1. The highest BCUT2D eigenvalue weighted by molar-refractivity contribution is 6.43. The van der Waals surface area contributed by atoms with E-state index in [0.717, 1.165) is 74.8 Å². The van der Waals surface area contributed by atoms with Crippen molar-refractivity contribution in [2.45, 2.75) is 25.4 Å². The maximum atomic E-state index is 11.5. The molecule has 5 nitrogen and oxygen atoms in total. The number of H-pyrrole nitrogens is 1. The van der Waals surface area contributed by atoms with Crippen molar-refractivity contribution in [2.75, 3.05) is 44.2 Å². The van der Waals surface area contributed by atoms with Gasteiger partial charge in [0.15, 0.2) is 0 Å². The minimum Gasteiger partial charge on any atom is -0.374 e. The van der Waals surface area contributed by atoms with Crippen LogP contribution in [0.5, 0.6) is 0 Å². The average molecular weight is 448 g/mol. The molecule has 2 heterocycles. The molecule has 4 rings (SSSR count). The zero-order valence-corrected chi connectivity index (χ0v) is 18.5. The first kappa shape index (κ1) is 21.4. The second kappa shape index (κ2) is 10.0. The first-order valence-electron chi connectivity index (χ1n) is 10.5. The van der Waals surface area contributed by atoms with Gasteiger partial charge in [-0.15, -0.1) is 0 Å². The molecule has 1 atom stereocenters. The summed E-state index contributed by atoms with van der Waals surface area (Å²) in [6.07, 6.45) is 7.19. The topological polar surface area (TPSA) is 48.6 Å². The number of nitrogens with one attached hydrogen (secondary N) is 1.